The first kappa shape index (κ1) is 16.3. The molecule has 0 saturated carbocycles. The van der Waals surface area contributed by atoms with Crippen LogP contribution in [0.3, 0.4) is 0 Å². The van der Waals surface area contributed by atoms with E-state index in [0.29, 0.717) is 5.92 Å². The van der Waals surface area contributed by atoms with E-state index >= 15 is 0 Å². The Labute approximate surface area is 174 Å². The topological polar surface area (TPSA) is 20.7 Å². The number of nitrogens with zero attached hydrogens (tertiary/aromatic N) is 1. The lowest BCUT2D eigenvalue weighted by molar-refractivity contribution is 0.773. The Balaban J connectivity index is 1.69. The van der Waals surface area contributed by atoms with Crippen molar-refractivity contribution in [2.45, 2.75) is 19.3 Å². The molecule has 30 heavy (non-hydrogen) atoms. The van der Waals surface area contributed by atoms with Gasteiger partial charge in [-0.15, -0.1) is 0 Å². The standard InChI is InChI=1S/C28H22N2/c1-16-6-5-8-18-14-25-23(15-22(16)18)20-12-13-24-26(28(20)30(25)2)21-11-10-17-7-3-4-9-19(17)27(21)29-24/h3-5,7-16,29H,6H2,1-2H3. The Kier molecular flexibility index (Phi) is 3.01. The second-order valence-electron chi connectivity index (χ2n) is 8.81. The first-order chi connectivity index (χ1) is 14.7. The van der Waals surface area contributed by atoms with Crippen LogP contribution in [0, 0.1) is 0 Å². The quantitative estimate of drug-likeness (QED) is 0.277. The van der Waals surface area contributed by atoms with E-state index in [9.17, 15) is 0 Å². The summed E-state index contributed by atoms with van der Waals surface area (Å²) in [6.07, 6.45) is 5.73. The number of fused-ring (bicyclic) bond motifs is 10. The van der Waals surface area contributed by atoms with Crippen molar-refractivity contribution in [1.29, 1.82) is 0 Å². The van der Waals surface area contributed by atoms with Crippen molar-refractivity contribution >= 4 is 60.5 Å². The maximum atomic E-state index is 3.72. The highest BCUT2D eigenvalue weighted by atomic mass is 14.9. The summed E-state index contributed by atoms with van der Waals surface area (Å²) in [7, 11) is 2.21. The molecule has 0 bridgehead atoms. The molecule has 144 valence electrons. The zero-order chi connectivity index (χ0) is 20.0. The van der Waals surface area contributed by atoms with Gasteiger partial charge < -0.3 is 9.55 Å². The minimum Gasteiger partial charge on any atom is -0.354 e. The van der Waals surface area contributed by atoms with Crippen LogP contribution >= 0.6 is 0 Å². The van der Waals surface area contributed by atoms with E-state index in [4.69, 9.17) is 0 Å². The Morgan fingerprint density at radius 1 is 0.900 bits per heavy atom. The van der Waals surface area contributed by atoms with Gasteiger partial charge in [0, 0.05) is 45.0 Å². The highest BCUT2D eigenvalue weighted by Crippen LogP contribution is 2.41. The van der Waals surface area contributed by atoms with Gasteiger partial charge in [0.05, 0.1) is 11.0 Å². The summed E-state index contributed by atoms with van der Waals surface area (Å²) in [4.78, 5) is 3.72. The molecular weight excluding hydrogens is 364 g/mol. The van der Waals surface area contributed by atoms with Crippen LogP contribution in [0.2, 0.25) is 0 Å². The monoisotopic (exact) mass is 386 g/mol. The van der Waals surface area contributed by atoms with E-state index in [0.717, 1.165) is 6.42 Å². The zero-order valence-corrected chi connectivity index (χ0v) is 17.2. The summed E-state index contributed by atoms with van der Waals surface area (Å²) < 4.78 is 2.39. The summed E-state index contributed by atoms with van der Waals surface area (Å²) in [5, 5.41) is 7.90. The van der Waals surface area contributed by atoms with Crippen LogP contribution in [-0.4, -0.2) is 9.55 Å². The van der Waals surface area contributed by atoms with Gasteiger partial charge in [0.15, 0.2) is 0 Å². The third kappa shape index (κ3) is 1.94. The number of aryl methyl sites for hydroxylation is 1. The molecule has 2 nitrogen and oxygen atoms in total. The third-order valence-corrected chi connectivity index (χ3v) is 7.14. The van der Waals surface area contributed by atoms with Gasteiger partial charge in [-0.25, -0.2) is 0 Å². The average molecular weight is 386 g/mol. The maximum Gasteiger partial charge on any atom is 0.0590 e. The van der Waals surface area contributed by atoms with Crippen molar-refractivity contribution < 1.29 is 0 Å². The minimum atomic E-state index is 0.577. The van der Waals surface area contributed by atoms with Crippen LogP contribution in [0.4, 0.5) is 0 Å². The summed E-state index contributed by atoms with van der Waals surface area (Å²) in [5.74, 6) is 0.577. The van der Waals surface area contributed by atoms with E-state index in [1.807, 2.05) is 0 Å². The number of benzene rings is 4. The van der Waals surface area contributed by atoms with Crippen LogP contribution in [0.15, 0.2) is 66.7 Å². The van der Waals surface area contributed by atoms with Gasteiger partial charge in [-0.05, 0) is 47.1 Å². The average Bonchev–Trinajstić information content (AvgIpc) is 3.29. The van der Waals surface area contributed by atoms with E-state index in [-0.39, 0.29) is 0 Å². The number of aromatic nitrogens is 2. The minimum absolute atomic E-state index is 0.577. The molecule has 1 unspecified atom stereocenters. The van der Waals surface area contributed by atoms with Gasteiger partial charge in [0.2, 0.25) is 0 Å². The molecule has 0 spiro atoms. The predicted octanol–water partition coefficient (Wildman–Crippen LogP) is 7.64. The Bertz CT molecular complexity index is 1690. The number of nitrogens with one attached hydrogen (secondary N) is 1. The molecule has 0 amide bonds. The van der Waals surface area contributed by atoms with Gasteiger partial charge in [-0.1, -0.05) is 61.5 Å². The molecule has 2 aromatic heterocycles. The van der Waals surface area contributed by atoms with Crippen LogP contribution in [0.5, 0.6) is 0 Å². The molecule has 6 aromatic rings. The number of hydrogen-bond donors (Lipinski definition) is 1. The lowest BCUT2D eigenvalue weighted by Gasteiger charge is -2.18. The summed E-state index contributed by atoms with van der Waals surface area (Å²) in [6, 6.07) is 22.5. The molecule has 0 radical (unpaired) electrons. The Hall–Kier alpha value is -3.52. The number of hydrogen-bond acceptors (Lipinski definition) is 0. The smallest absolute Gasteiger partial charge is 0.0590 e. The first-order valence-corrected chi connectivity index (χ1v) is 10.8. The van der Waals surface area contributed by atoms with Crippen molar-refractivity contribution in [3.63, 3.8) is 0 Å². The molecule has 4 aromatic carbocycles. The number of rotatable bonds is 0. The molecule has 1 atom stereocenters. The lowest BCUT2D eigenvalue weighted by Crippen LogP contribution is -2.00. The SMILES string of the molecule is CC1CC=Cc2cc3c(cc21)c1ccc2[nH]c4c5ccccc5ccc4c2c1n3C. The first-order valence-electron chi connectivity index (χ1n) is 10.8. The molecule has 1 aliphatic rings. The van der Waals surface area contributed by atoms with Gasteiger partial charge in [0.1, 0.15) is 0 Å². The normalized spacial score (nSPS) is 16.4. The maximum absolute atomic E-state index is 3.72. The lowest BCUT2D eigenvalue weighted by atomic mass is 9.87. The molecule has 2 heterocycles. The van der Waals surface area contributed by atoms with Crippen molar-refractivity contribution in [3.05, 3.63) is 77.9 Å². The fourth-order valence-electron chi connectivity index (χ4n) is 5.61. The second kappa shape index (κ2) is 5.54. The molecule has 0 saturated heterocycles. The zero-order valence-electron chi connectivity index (χ0n) is 17.2. The largest absolute Gasteiger partial charge is 0.354 e. The van der Waals surface area contributed by atoms with Crippen molar-refractivity contribution in [2.75, 3.05) is 0 Å². The van der Waals surface area contributed by atoms with Gasteiger partial charge >= 0.3 is 0 Å². The van der Waals surface area contributed by atoms with Gasteiger partial charge in [-0.3, -0.25) is 0 Å². The molecule has 1 aliphatic carbocycles. The van der Waals surface area contributed by atoms with Crippen LogP contribution in [0.1, 0.15) is 30.4 Å². The van der Waals surface area contributed by atoms with Gasteiger partial charge in [0.25, 0.3) is 0 Å². The van der Waals surface area contributed by atoms with Crippen LogP contribution in [-0.2, 0) is 7.05 Å². The summed E-state index contributed by atoms with van der Waals surface area (Å²) in [5.41, 5.74) is 7.92. The molecule has 0 aliphatic heterocycles. The molecule has 1 N–H and O–H groups in total. The molecule has 0 fully saturated rings. The van der Waals surface area contributed by atoms with Crippen molar-refractivity contribution in [1.82, 2.24) is 9.55 Å². The number of aromatic amines is 1. The Morgan fingerprint density at radius 2 is 1.77 bits per heavy atom. The third-order valence-electron chi connectivity index (χ3n) is 7.14. The van der Waals surface area contributed by atoms with E-state index in [1.54, 1.807) is 0 Å². The summed E-state index contributed by atoms with van der Waals surface area (Å²) >= 11 is 0. The number of H-pyrrole nitrogens is 1. The summed E-state index contributed by atoms with van der Waals surface area (Å²) in [6.45, 7) is 2.34. The Morgan fingerprint density at radius 3 is 2.70 bits per heavy atom. The van der Waals surface area contributed by atoms with E-state index in [1.165, 1.54) is 65.5 Å². The molecule has 2 heteroatoms. The molecule has 7 rings (SSSR count). The highest BCUT2D eigenvalue weighted by Gasteiger charge is 2.19. The van der Waals surface area contributed by atoms with E-state index < -0.39 is 0 Å². The fraction of sp³-hybridized carbons (Fsp3) is 0.143. The van der Waals surface area contributed by atoms with Crippen LogP contribution < -0.4 is 0 Å². The van der Waals surface area contributed by atoms with Crippen molar-refractivity contribution in [2.24, 2.45) is 7.05 Å². The van der Waals surface area contributed by atoms with E-state index in [2.05, 4.69) is 96.3 Å². The van der Waals surface area contributed by atoms with Crippen molar-refractivity contribution in [3.8, 4) is 0 Å². The number of allylic oxidation sites excluding steroid dienone is 1. The predicted molar refractivity (Wildman–Crippen MR) is 129 cm³/mol. The second-order valence-corrected chi connectivity index (χ2v) is 8.81. The van der Waals surface area contributed by atoms with Gasteiger partial charge in [-0.2, -0.15) is 0 Å². The van der Waals surface area contributed by atoms with Crippen LogP contribution in [0.25, 0.3) is 60.5 Å². The fourth-order valence-corrected chi connectivity index (χ4v) is 5.61. The highest BCUT2D eigenvalue weighted by molar-refractivity contribution is 6.27. The molecular formula is C28H22N2.